The number of hydrogen-bond acceptors (Lipinski definition) is 4. The summed E-state index contributed by atoms with van der Waals surface area (Å²) in [5, 5.41) is 0. The van der Waals surface area contributed by atoms with Gasteiger partial charge >= 0.3 is 5.97 Å². The Morgan fingerprint density at radius 2 is 2.50 bits per heavy atom. The summed E-state index contributed by atoms with van der Waals surface area (Å²) in [4.78, 5) is 22.4. The van der Waals surface area contributed by atoms with Crippen molar-refractivity contribution >= 4 is 23.2 Å². The number of nitrogens with one attached hydrogen (secondary N) is 1. The smallest absolute Gasteiger partial charge is 0.330 e. The quantitative estimate of drug-likeness (QED) is 0.625. The van der Waals surface area contributed by atoms with Crippen molar-refractivity contribution in [1.29, 1.82) is 0 Å². The maximum absolute atomic E-state index is 11.1. The first-order valence-corrected chi connectivity index (χ1v) is 4.94. The summed E-state index contributed by atoms with van der Waals surface area (Å²) >= 11 is 0. The number of nitrogens with zero attached hydrogens (tertiary/aromatic N) is 2. The number of ether oxygens (including phenoxy) is 1. The van der Waals surface area contributed by atoms with Gasteiger partial charge in [-0.2, -0.15) is 0 Å². The molecular formula is C11H11N3O2. The molecule has 2 rings (SSSR count). The third kappa shape index (κ3) is 2.25. The van der Waals surface area contributed by atoms with Gasteiger partial charge in [-0.3, -0.25) is 0 Å². The fraction of sp³-hybridized carbons (Fsp3) is 0.182. The number of aromatic nitrogens is 3. The van der Waals surface area contributed by atoms with E-state index in [0.717, 1.165) is 11.2 Å². The van der Waals surface area contributed by atoms with Crippen molar-refractivity contribution in [3.63, 3.8) is 0 Å². The molecule has 0 fully saturated rings. The number of rotatable bonds is 3. The van der Waals surface area contributed by atoms with Crippen LogP contribution in [-0.4, -0.2) is 27.5 Å². The summed E-state index contributed by atoms with van der Waals surface area (Å²) in [5.41, 5.74) is 2.12. The lowest BCUT2D eigenvalue weighted by Crippen LogP contribution is -1.98. The molecule has 0 spiro atoms. The van der Waals surface area contributed by atoms with Gasteiger partial charge in [0.15, 0.2) is 5.65 Å². The van der Waals surface area contributed by atoms with Crippen molar-refractivity contribution in [2.24, 2.45) is 0 Å². The Hall–Kier alpha value is -2.17. The topological polar surface area (TPSA) is 67.9 Å². The van der Waals surface area contributed by atoms with Crippen LogP contribution in [0.4, 0.5) is 0 Å². The second kappa shape index (κ2) is 4.57. The molecule has 2 heterocycles. The van der Waals surface area contributed by atoms with E-state index in [9.17, 15) is 4.79 Å². The number of hydrogen-bond donors (Lipinski definition) is 1. The molecule has 0 saturated carbocycles. The van der Waals surface area contributed by atoms with Crippen LogP contribution in [0.1, 0.15) is 12.6 Å². The van der Waals surface area contributed by atoms with Crippen LogP contribution in [0.3, 0.4) is 0 Å². The van der Waals surface area contributed by atoms with E-state index in [2.05, 4.69) is 15.0 Å². The molecular weight excluding hydrogens is 206 g/mol. The zero-order valence-electron chi connectivity index (χ0n) is 8.80. The number of aromatic amines is 1. The monoisotopic (exact) mass is 217 g/mol. The number of carbonyl (C=O) groups is 1. The molecule has 0 amide bonds. The Morgan fingerprint density at radius 3 is 3.31 bits per heavy atom. The largest absolute Gasteiger partial charge is 0.463 e. The van der Waals surface area contributed by atoms with Gasteiger partial charge in [0, 0.05) is 12.3 Å². The van der Waals surface area contributed by atoms with E-state index in [4.69, 9.17) is 4.74 Å². The lowest BCUT2D eigenvalue weighted by molar-refractivity contribution is -0.137. The minimum atomic E-state index is -0.376. The summed E-state index contributed by atoms with van der Waals surface area (Å²) in [6, 6.07) is 1.82. The van der Waals surface area contributed by atoms with Gasteiger partial charge in [0.2, 0.25) is 0 Å². The van der Waals surface area contributed by atoms with Crippen LogP contribution >= 0.6 is 0 Å². The fourth-order valence-corrected chi connectivity index (χ4v) is 1.27. The van der Waals surface area contributed by atoms with Crippen molar-refractivity contribution < 1.29 is 9.53 Å². The van der Waals surface area contributed by atoms with Gasteiger partial charge in [0.05, 0.1) is 18.5 Å². The van der Waals surface area contributed by atoms with Crippen LogP contribution in [0.5, 0.6) is 0 Å². The van der Waals surface area contributed by atoms with Crippen LogP contribution in [-0.2, 0) is 9.53 Å². The Morgan fingerprint density at radius 1 is 1.62 bits per heavy atom. The third-order valence-electron chi connectivity index (χ3n) is 1.96. The minimum absolute atomic E-state index is 0.367. The molecule has 0 unspecified atom stereocenters. The summed E-state index contributed by atoms with van der Waals surface area (Å²) in [6.07, 6.45) is 6.28. The molecule has 5 heteroatoms. The van der Waals surface area contributed by atoms with E-state index in [1.807, 2.05) is 6.07 Å². The molecule has 2 aromatic heterocycles. The molecule has 0 bridgehead atoms. The normalized spacial score (nSPS) is 11.1. The zero-order valence-corrected chi connectivity index (χ0v) is 8.80. The average molecular weight is 217 g/mol. The van der Waals surface area contributed by atoms with Gasteiger partial charge in [-0.1, -0.05) is 0 Å². The Balaban J connectivity index is 2.17. The molecule has 0 radical (unpaired) electrons. The van der Waals surface area contributed by atoms with Crippen molar-refractivity contribution in [3.8, 4) is 0 Å². The lowest BCUT2D eigenvalue weighted by atomic mass is 10.4. The molecule has 0 atom stereocenters. The van der Waals surface area contributed by atoms with Gasteiger partial charge in [0.25, 0.3) is 0 Å². The molecule has 0 saturated heterocycles. The second-order valence-corrected chi connectivity index (χ2v) is 3.09. The first kappa shape index (κ1) is 10.4. The minimum Gasteiger partial charge on any atom is -0.463 e. The predicted molar refractivity (Wildman–Crippen MR) is 59.6 cm³/mol. The third-order valence-corrected chi connectivity index (χ3v) is 1.96. The van der Waals surface area contributed by atoms with E-state index >= 15 is 0 Å². The number of fused-ring (bicyclic) bond motifs is 1. The van der Waals surface area contributed by atoms with Crippen LogP contribution < -0.4 is 0 Å². The molecule has 2 aromatic rings. The molecule has 0 aliphatic rings. The van der Waals surface area contributed by atoms with Gasteiger partial charge < -0.3 is 9.72 Å². The standard InChI is InChI=1S/C11H11N3O2/c1-2-16-10(15)4-3-8-7-13-11-9(14-8)5-6-12-11/h3-7H,2H2,1H3,(H,12,13). The van der Waals surface area contributed by atoms with Crippen molar-refractivity contribution in [2.75, 3.05) is 6.61 Å². The molecule has 5 nitrogen and oxygen atoms in total. The van der Waals surface area contributed by atoms with E-state index in [1.165, 1.54) is 6.08 Å². The van der Waals surface area contributed by atoms with Gasteiger partial charge in [0.1, 0.15) is 5.52 Å². The van der Waals surface area contributed by atoms with Crippen LogP contribution in [0.25, 0.3) is 17.2 Å². The van der Waals surface area contributed by atoms with Gasteiger partial charge in [-0.15, -0.1) is 0 Å². The highest BCUT2D eigenvalue weighted by atomic mass is 16.5. The Bertz CT molecular complexity index is 531. The summed E-state index contributed by atoms with van der Waals surface area (Å²) in [7, 11) is 0. The molecule has 0 aromatic carbocycles. The maximum Gasteiger partial charge on any atom is 0.330 e. The molecule has 0 aliphatic heterocycles. The summed E-state index contributed by atoms with van der Waals surface area (Å²) in [5.74, 6) is -0.376. The van der Waals surface area contributed by atoms with Crippen LogP contribution in [0.2, 0.25) is 0 Å². The highest BCUT2D eigenvalue weighted by Gasteiger charge is 1.98. The summed E-state index contributed by atoms with van der Waals surface area (Å²) in [6.45, 7) is 2.13. The average Bonchev–Trinajstić information content (AvgIpc) is 2.74. The van der Waals surface area contributed by atoms with Crippen molar-refractivity contribution in [1.82, 2.24) is 15.0 Å². The van der Waals surface area contributed by atoms with Gasteiger partial charge in [-0.05, 0) is 19.1 Å². The van der Waals surface area contributed by atoms with Crippen LogP contribution in [0, 0.1) is 0 Å². The Labute approximate surface area is 92.2 Å². The number of carbonyl (C=O) groups excluding carboxylic acids is 1. The Kier molecular flexibility index (Phi) is 2.95. The number of H-pyrrole nitrogens is 1. The number of esters is 1. The summed E-state index contributed by atoms with van der Waals surface area (Å²) < 4.78 is 4.76. The fourth-order valence-electron chi connectivity index (χ4n) is 1.27. The van der Waals surface area contributed by atoms with Crippen molar-refractivity contribution in [2.45, 2.75) is 6.92 Å². The SMILES string of the molecule is CCOC(=O)C=Cc1cnc2[nH]ccc2n1. The van der Waals surface area contributed by atoms with Gasteiger partial charge in [-0.25, -0.2) is 14.8 Å². The predicted octanol–water partition coefficient (Wildman–Crippen LogP) is 1.53. The molecule has 0 aliphatic carbocycles. The maximum atomic E-state index is 11.1. The second-order valence-electron chi connectivity index (χ2n) is 3.09. The first-order valence-electron chi connectivity index (χ1n) is 4.94. The van der Waals surface area contributed by atoms with Crippen molar-refractivity contribution in [3.05, 3.63) is 30.2 Å². The van der Waals surface area contributed by atoms with E-state index in [1.54, 1.807) is 25.4 Å². The zero-order chi connectivity index (χ0) is 11.4. The molecule has 16 heavy (non-hydrogen) atoms. The van der Waals surface area contributed by atoms with Crippen LogP contribution in [0.15, 0.2) is 24.5 Å². The highest BCUT2D eigenvalue weighted by Crippen LogP contribution is 2.07. The van der Waals surface area contributed by atoms with E-state index in [-0.39, 0.29) is 5.97 Å². The first-order chi connectivity index (χ1) is 7.79. The molecule has 82 valence electrons. The highest BCUT2D eigenvalue weighted by molar-refractivity contribution is 5.87. The lowest BCUT2D eigenvalue weighted by Gasteiger charge is -1.95. The van der Waals surface area contributed by atoms with E-state index < -0.39 is 0 Å². The molecule has 1 N–H and O–H groups in total. The van der Waals surface area contributed by atoms with E-state index in [0.29, 0.717) is 12.3 Å².